The normalized spacial score (nSPS) is 27.1. The predicted octanol–water partition coefficient (Wildman–Crippen LogP) is 1.06. The van der Waals surface area contributed by atoms with Gasteiger partial charge in [0.05, 0.1) is 12.7 Å². The van der Waals surface area contributed by atoms with Crippen LogP contribution in [0.4, 0.5) is 0 Å². The number of amides is 1. The molecule has 1 amide bonds. The molecule has 4 heterocycles. The maximum atomic E-state index is 12.5. The highest BCUT2D eigenvalue weighted by Gasteiger charge is 2.51. The van der Waals surface area contributed by atoms with Crippen LogP contribution >= 0.6 is 0 Å². The second kappa shape index (κ2) is 6.17. The molecule has 1 aromatic rings. The summed E-state index contributed by atoms with van der Waals surface area (Å²) in [6.45, 7) is 3.91. The SMILES string of the molecule is O=C(C1CCOCC1)N1CC2(COC(Cc3cncnc3)C2)C1. The number of nitrogens with zero attached hydrogens (tertiary/aromatic N) is 3. The minimum atomic E-state index is 0.167. The smallest absolute Gasteiger partial charge is 0.225 e. The number of hydrogen-bond acceptors (Lipinski definition) is 5. The van der Waals surface area contributed by atoms with Gasteiger partial charge in [0.25, 0.3) is 0 Å². The fraction of sp³-hybridized carbons (Fsp3) is 0.706. The van der Waals surface area contributed by atoms with Gasteiger partial charge in [0.15, 0.2) is 0 Å². The molecule has 23 heavy (non-hydrogen) atoms. The first-order valence-electron chi connectivity index (χ1n) is 8.46. The van der Waals surface area contributed by atoms with Crippen molar-refractivity contribution in [3.8, 4) is 0 Å². The van der Waals surface area contributed by atoms with Crippen LogP contribution in [0.2, 0.25) is 0 Å². The van der Waals surface area contributed by atoms with Gasteiger partial charge in [0.1, 0.15) is 6.33 Å². The standard InChI is InChI=1S/C17H23N3O3/c21-16(14-1-3-22-4-2-14)20-9-17(10-20)6-15(23-11-17)5-13-7-18-12-19-8-13/h7-8,12,14-15H,1-6,9-11H2. The van der Waals surface area contributed by atoms with E-state index in [1.807, 2.05) is 17.3 Å². The van der Waals surface area contributed by atoms with E-state index in [0.717, 1.165) is 64.2 Å². The number of aromatic nitrogens is 2. The average molecular weight is 317 g/mol. The maximum Gasteiger partial charge on any atom is 0.225 e. The third-order valence-electron chi connectivity index (χ3n) is 5.30. The zero-order valence-electron chi connectivity index (χ0n) is 13.3. The lowest BCUT2D eigenvalue weighted by molar-refractivity contribution is -0.150. The van der Waals surface area contributed by atoms with Crippen LogP contribution in [0.15, 0.2) is 18.7 Å². The van der Waals surface area contributed by atoms with E-state index < -0.39 is 0 Å². The van der Waals surface area contributed by atoms with Crippen molar-refractivity contribution >= 4 is 5.91 Å². The highest BCUT2D eigenvalue weighted by atomic mass is 16.5. The van der Waals surface area contributed by atoms with Crippen molar-refractivity contribution < 1.29 is 14.3 Å². The zero-order valence-corrected chi connectivity index (χ0v) is 13.3. The second-order valence-electron chi connectivity index (χ2n) is 7.17. The minimum Gasteiger partial charge on any atom is -0.381 e. The summed E-state index contributed by atoms with van der Waals surface area (Å²) >= 11 is 0. The van der Waals surface area contributed by atoms with E-state index in [4.69, 9.17) is 9.47 Å². The third-order valence-corrected chi connectivity index (χ3v) is 5.30. The van der Waals surface area contributed by atoms with Crippen LogP contribution in [0.25, 0.3) is 0 Å². The molecule has 6 nitrogen and oxygen atoms in total. The van der Waals surface area contributed by atoms with E-state index >= 15 is 0 Å². The molecule has 1 spiro atoms. The van der Waals surface area contributed by atoms with Gasteiger partial charge < -0.3 is 14.4 Å². The zero-order chi connectivity index (χ0) is 15.7. The van der Waals surface area contributed by atoms with Gasteiger partial charge in [0, 0.05) is 56.5 Å². The number of rotatable bonds is 3. The van der Waals surface area contributed by atoms with Crippen LogP contribution in [0, 0.1) is 11.3 Å². The van der Waals surface area contributed by atoms with E-state index in [1.165, 1.54) is 0 Å². The highest BCUT2D eigenvalue weighted by molar-refractivity contribution is 5.80. The Hall–Kier alpha value is -1.53. The summed E-state index contributed by atoms with van der Waals surface area (Å²) in [5.41, 5.74) is 1.30. The van der Waals surface area contributed by atoms with Crippen molar-refractivity contribution in [3.63, 3.8) is 0 Å². The van der Waals surface area contributed by atoms with Crippen LogP contribution in [0.3, 0.4) is 0 Å². The van der Waals surface area contributed by atoms with Crippen molar-refractivity contribution in [2.75, 3.05) is 32.9 Å². The minimum absolute atomic E-state index is 0.167. The molecule has 4 rings (SSSR count). The van der Waals surface area contributed by atoms with Crippen molar-refractivity contribution in [3.05, 3.63) is 24.3 Å². The Kier molecular flexibility index (Phi) is 4.03. The molecule has 3 aliphatic rings. The van der Waals surface area contributed by atoms with E-state index in [9.17, 15) is 4.79 Å². The number of carbonyl (C=O) groups excluding carboxylic acids is 1. The number of carbonyl (C=O) groups is 1. The highest BCUT2D eigenvalue weighted by Crippen LogP contribution is 2.42. The summed E-state index contributed by atoms with van der Waals surface area (Å²) < 4.78 is 11.3. The average Bonchev–Trinajstić information content (AvgIpc) is 2.99. The molecule has 0 bridgehead atoms. The van der Waals surface area contributed by atoms with Crippen LogP contribution in [-0.4, -0.2) is 59.8 Å². The van der Waals surface area contributed by atoms with E-state index in [0.29, 0.717) is 5.91 Å². The van der Waals surface area contributed by atoms with E-state index in [2.05, 4.69) is 9.97 Å². The van der Waals surface area contributed by atoms with Gasteiger partial charge in [-0.15, -0.1) is 0 Å². The Morgan fingerprint density at radius 2 is 2.00 bits per heavy atom. The van der Waals surface area contributed by atoms with Crippen LogP contribution in [-0.2, 0) is 20.7 Å². The molecule has 1 unspecified atom stereocenters. The topological polar surface area (TPSA) is 64.5 Å². The molecule has 0 aliphatic carbocycles. The molecular weight excluding hydrogens is 294 g/mol. The lowest BCUT2D eigenvalue weighted by Crippen LogP contribution is -2.60. The summed E-state index contributed by atoms with van der Waals surface area (Å²) in [6, 6.07) is 0. The van der Waals surface area contributed by atoms with Gasteiger partial charge >= 0.3 is 0 Å². The largest absolute Gasteiger partial charge is 0.381 e. The quantitative estimate of drug-likeness (QED) is 0.834. The fourth-order valence-corrected chi connectivity index (χ4v) is 4.07. The molecule has 0 N–H and O–H groups in total. The van der Waals surface area contributed by atoms with Crippen LogP contribution < -0.4 is 0 Å². The Bertz CT molecular complexity index is 553. The number of hydrogen-bond donors (Lipinski definition) is 0. The summed E-state index contributed by atoms with van der Waals surface area (Å²) in [5.74, 6) is 0.486. The molecule has 0 aromatic carbocycles. The summed E-state index contributed by atoms with van der Waals surface area (Å²) in [4.78, 5) is 22.6. The summed E-state index contributed by atoms with van der Waals surface area (Å²) in [7, 11) is 0. The van der Waals surface area contributed by atoms with Gasteiger partial charge in [0.2, 0.25) is 5.91 Å². The number of ether oxygens (including phenoxy) is 2. The van der Waals surface area contributed by atoms with E-state index in [-0.39, 0.29) is 17.4 Å². The summed E-state index contributed by atoms with van der Waals surface area (Å²) in [6.07, 6.45) is 9.10. The molecular formula is C17H23N3O3. The van der Waals surface area contributed by atoms with Crippen LogP contribution in [0.1, 0.15) is 24.8 Å². The first-order chi connectivity index (χ1) is 11.2. The summed E-state index contributed by atoms with van der Waals surface area (Å²) in [5, 5.41) is 0. The molecule has 6 heteroatoms. The Balaban J connectivity index is 1.28. The Labute approximate surface area is 136 Å². The number of likely N-dealkylation sites (tertiary alicyclic amines) is 1. The molecule has 1 aromatic heterocycles. The van der Waals surface area contributed by atoms with Crippen molar-refractivity contribution in [1.29, 1.82) is 0 Å². The van der Waals surface area contributed by atoms with Gasteiger partial charge in [-0.05, 0) is 24.8 Å². The Morgan fingerprint density at radius 1 is 1.26 bits per heavy atom. The second-order valence-corrected chi connectivity index (χ2v) is 7.17. The molecule has 0 saturated carbocycles. The van der Waals surface area contributed by atoms with Gasteiger partial charge in [-0.2, -0.15) is 0 Å². The monoisotopic (exact) mass is 317 g/mol. The molecule has 124 valence electrons. The van der Waals surface area contributed by atoms with Gasteiger partial charge in [-0.3, -0.25) is 4.79 Å². The van der Waals surface area contributed by atoms with Crippen molar-refractivity contribution in [1.82, 2.24) is 14.9 Å². The first kappa shape index (κ1) is 15.0. The molecule has 1 atom stereocenters. The molecule has 0 radical (unpaired) electrons. The maximum absolute atomic E-state index is 12.5. The van der Waals surface area contributed by atoms with Gasteiger partial charge in [-0.25, -0.2) is 9.97 Å². The third kappa shape index (κ3) is 3.10. The lowest BCUT2D eigenvalue weighted by Gasteiger charge is -2.48. The van der Waals surface area contributed by atoms with Gasteiger partial charge in [-0.1, -0.05) is 0 Å². The molecule has 3 fully saturated rings. The van der Waals surface area contributed by atoms with E-state index in [1.54, 1.807) is 6.33 Å². The predicted molar refractivity (Wildman–Crippen MR) is 82.6 cm³/mol. The molecule has 3 saturated heterocycles. The van der Waals surface area contributed by atoms with Crippen molar-refractivity contribution in [2.45, 2.75) is 31.8 Å². The first-order valence-corrected chi connectivity index (χ1v) is 8.46. The Morgan fingerprint density at radius 3 is 2.74 bits per heavy atom. The van der Waals surface area contributed by atoms with Crippen molar-refractivity contribution in [2.24, 2.45) is 11.3 Å². The lowest BCUT2D eigenvalue weighted by atomic mass is 9.76. The fourth-order valence-electron chi connectivity index (χ4n) is 4.07. The van der Waals surface area contributed by atoms with Crippen LogP contribution in [0.5, 0.6) is 0 Å². The molecule has 3 aliphatic heterocycles.